The van der Waals surface area contributed by atoms with Crippen LogP contribution in [0.4, 0.5) is 11.4 Å². The van der Waals surface area contributed by atoms with E-state index in [0.717, 1.165) is 23.9 Å². The Morgan fingerprint density at radius 1 is 0.923 bits per heavy atom. The van der Waals surface area contributed by atoms with Crippen LogP contribution in [0.1, 0.15) is 5.56 Å². The zero-order valence-corrected chi connectivity index (χ0v) is 14.4. The third-order valence-electron chi connectivity index (χ3n) is 3.70. The number of nitro groups is 1. The number of pyridine rings is 1. The first-order chi connectivity index (χ1) is 12.5. The molecule has 0 unspecified atom stereocenters. The number of hydrogen-bond donors (Lipinski definition) is 0. The quantitative estimate of drug-likeness (QED) is 0.490. The Morgan fingerprint density at radius 3 is 2.08 bits per heavy atom. The van der Waals surface area contributed by atoms with Gasteiger partial charge in [-0.15, -0.1) is 0 Å². The van der Waals surface area contributed by atoms with Gasteiger partial charge in [-0.05, 0) is 23.8 Å². The van der Waals surface area contributed by atoms with Gasteiger partial charge < -0.3 is 0 Å². The molecule has 0 spiro atoms. The highest BCUT2D eigenvalue weighted by Gasteiger charge is 2.27. The smallest absolute Gasteiger partial charge is 0.261 e. The lowest BCUT2D eigenvalue weighted by Gasteiger charge is -2.24. The number of aromatic nitrogens is 1. The highest BCUT2D eigenvalue weighted by Crippen LogP contribution is 2.25. The van der Waals surface area contributed by atoms with E-state index in [1.807, 2.05) is 30.3 Å². The molecule has 1 heterocycles. The number of anilines is 1. The van der Waals surface area contributed by atoms with Gasteiger partial charge >= 0.3 is 0 Å². The molecular weight excluding hydrogens is 354 g/mol. The SMILES string of the molecule is O=[N+]([O-])c1ccc(S(=O)(=O)N(Cc2ccccc2)c2ccccc2)nc1. The standard InChI is InChI=1S/C18H15N3O4S/c22-21(23)17-11-12-18(19-13-17)26(24,25)20(16-9-5-2-6-10-16)14-15-7-3-1-4-8-15/h1-13H,14H2. The number of sulfonamides is 1. The first-order valence-corrected chi connectivity index (χ1v) is 9.14. The van der Waals surface area contributed by atoms with E-state index < -0.39 is 14.9 Å². The Balaban J connectivity index is 2.03. The molecule has 8 heteroatoms. The molecule has 3 aromatic rings. The van der Waals surface area contributed by atoms with Gasteiger partial charge in [0.05, 0.1) is 17.2 Å². The molecule has 7 nitrogen and oxygen atoms in total. The van der Waals surface area contributed by atoms with Crippen molar-refractivity contribution in [1.29, 1.82) is 0 Å². The van der Waals surface area contributed by atoms with Crippen LogP contribution < -0.4 is 4.31 Å². The highest BCUT2D eigenvalue weighted by atomic mass is 32.2. The van der Waals surface area contributed by atoms with E-state index in [4.69, 9.17) is 0 Å². The minimum atomic E-state index is -4.00. The second-order valence-corrected chi connectivity index (χ2v) is 7.25. The third-order valence-corrected chi connectivity index (χ3v) is 5.39. The van der Waals surface area contributed by atoms with Crippen LogP contribution in [0.2, 0.25) is 0 Å². The van der Waals surface area contributed by atoms with Crippen LogP contribution in [0.15, 0.2) is 84.0 Å². The first-order valence-electron chi connectivity index (χ1n) is 7.70. The zero-order valence-electron chi connectivity index (χ0n) is 13.6. The molecule has 0 saturated carbocycles. The number of hydrogen-bond acceptors (Lipinski definition) is 5. The molecule has 132 valence electrons. The molecule has 0 fully saturated rings. The van der Waals surface area contributed by atoms with Crippen molar-refractivity contribution in [2.45, 2.75) is 11.6 Å². The molecule has 0 aliphatic carbocycles. The van der Waals surface area contributed by atoms with E-state index in [2.05, 4.69) is 4.98 Å². The molecule has 0 saturated heterocycles. The molecule has 1 aromatic heterocycles. The zero-order chi connectivity index (χ0) is 18.6. The fourth-order valence-electron chi connectivity index (χ4n) is 2.40. The first kappa shape index (κ1) is 17.6. The summed E-state index contributed by atoms with van der Waals surface area (Å²) in [5.74, 6) is 0. The van der Waals surface area contributed by atoms with Crippen LogP contribution >= 0.6 is 0 Å². The molecule has 0 amide bonds. The Hall–Kier alpha value is -3.26. The van der Waals surface area contributed by atoms with Crippen LogP contribution in [-0.2, 0) is 16.6 Å². The van der Waals surface area contributed by atoms with E-state index >= 15 is 0 Å². The maximum absolute atomic E-state index is 13.1. The van der Waals surface area contributed by atoms with Gasteiger partial charge in [-0.2, -0.15) is 8.42 Å². The lowest BCUT2D eigenvalue weighted by Crippen LogP contribution is -2.31. The minimum absolute atomic E-state index is 0.117. The second-order valence-electron chi connectivity index (χ2n) is 5.44. The molecule has 0 radical (unpaired) electrons. The third kappa shape index (κ3) is 3.70. The summed E-state index contributed by atoms with van der Waals surface area (Å²) in [5.41, 5.74) is 1.02. The van der Waals surface area contributed by atoms with Gasteiger partial charge in [0.1, 0.15) is 6.20 Å². The fraction of sp³-hybridized carbons (Fsp3) is 0.0556. The average molecular weight is 369 g/mol. The molecule has 0 N–H and O–H groups in total. The van der Waals surface area contributed by atoms with E-state index in [-0.39, 0.29) is 17.3 Å². The molecule has 0 atom stereocenters. The van der Waals surface area contributed by atoms with Crippen molar-refractivity contribution in [1.82, 2.24) is 4.98 Å². The maximum atomic E-state index is 13.1. The summed E-state index contributed by atoms with van der Waals surface area (Å²) in [6.45, 7) is 0.117. The van der Waals surface area contributed by atoms with Crippen molar-refractivity contribution < 1.29 is 13.3 Å². The maximum Gasteiger partial charge on any atom is 0.287 e. The van der Waals surface area contributed by atoms with Crippen molar-refractivity contribution in [2.24, 2.45) is 0 Å². The molecule has 26 heavy (non-hydrogen) atoms. The normalized spacial score (nSPS) is 11.1. The molecule has 2 aromatic carbocycles. The predicted octanol–water partition coefficient (Wildman–Crippen LogP) is 3.39. The van der Waals surface area contributed by atoms with E-state index in [1.165, 1.54) is 4.31 Å². The lowest BCUT2D eigenvalue weighted by atomic mass is 10.2. The molecule has 3 rings (SSSR count). The van der Waals surface area contributed by atoms with Gasteiger partial charge in [-0.1, -0.05) is 48.5 Å². The van der Waals surface area contributed by atoms with Crippen molar-refractivity contribution >= 4 is 21.4 Å². The summed E-state index contributed by atoms with van der Waals surface area (Å²) in [6, 6.07) is 20.1. The predicted molar refractivity (Wildman–Crippen MR) is 97.1 cm³/mol. The Kier molecular flexibility index (Phi) is 4.94. The topological polar surface area (TPSA) is 93.4 Å². The number of rotatable bonds is 6. The largest absolute Gasteiger partial charge is 0.287 e. The van der Waals surface area contributed by atoms with E-state index in [9.17, 15) is 18.5 Å². The molecule has 0 aliphatic rings. The summed E-state index contributed by atoms with van der Waals surface area (Å²) in [6.07, 6.45) is 0.943. The molecule has 0 bridgehead atoms. The Morgan fingerprint density at radius 2 is 1.54 bits per heavy atom. The van der Waals surface area contributed by atoms with Gasteiger partial charge in [0.25, 0.3) is 15.7 Å². The van der Waals surface area contributed by atoms with Crippen LogP contribution in [0.3, 0.4) is 0 Å². The van der Waals surface area contributed by atoms with Crippen molar-refractivity contribution in [3.05, 3.63) is 94.7 Å². The van der Waals surface area contributed by atoms with E-state index in [0.29, 0.717) is 5.69 Å². The highest BCUT2D eigenvalue weighted by molar-refractivity contribution is 7.92. The van der Waals surface area contributed by atoms with Gasteiger partial charge in [0, 0.05) is 6.07 Å². The van der Waals surface area contributed by atoms with Crippen LogP contribution in [-0.4, -0.2) is 18.3 Å². The lowest BCUT2D eigenvalue weighted by molar-refractivity contribution is -0.385. The van der Waals surface area contributed by atoms with Crippen molar-refractivity contribution in [3.8, 4) is 0 Å². The second kappa shape index (κ2) is 7.32. The fourth-order valence-corrected chi connectivity index (χ4v) is 3.77. The van der Waals surface area contributed by atoms with Crippen LogP contribution in [0.5, 0.6) is 0 Å². The van der Waals surface area contributed by atoms with Crippen LogP contribution in [0, 0.1) is 10.1 Å². The van der Waals surface area contributed by atoms with Gasteiger partial charge in [-0.3, -0.25) is 14.4 Å². The van der Waals surface area contributed by atoms with Crippen molar-refractivity contribution in [2.75, 3.05) is 4.31 Å². The number of para-hydroxylation sites is 1. The summed E-state index contributed by atoms with van der Waals surface area (Å²) in [7, 11) is -4.00. The minimum Gasteiger partial charge on any atom is -0.261 e. The van der Waals surface area contributed by atoms with Gasteiger partial charge in [0.2, 0.25) is 0 Å². The Labute approximate surface area is 150 Å². The summed E-state index contributed by atoms with van der Waals surface area (Å²) in [4.78, 5) is 13.9. The summed E-state index contributed by atoms with van der Waals surface area (Å²) >= 11 is 0. The summed E-state index contributed by atoms with van der Waals surface area (Å²) in [5, 5.41) is 10.5. The Bertz CT molecular complexity index is 992. The van der Waals surface area contributed by atoms with Crippen molar-refractivity contribution in [3.63, 3.8) is 0 Å². The monoisotopic (exact) mass is 369 g/mol. The molecule has 0 aliphatic heterocycles. The number of benzene rings is 2. The summed E-state index contributed by atoms with van der Waals surface area (Å²) < 4.78 is 27.5. The van der Waals surface area contributed by atoms with E-state index in [1.54, 1.807) is 30.3 Å². The number of nitrogens with zero attached hydrogens (tertiary/aromatic N) is 3. The van der Waals surface area contributed by atoms with Gasteiger partial charge in [0.15, 0.2) is 5.03 Å². The van der Waals surface area contributed by atoms with Gasteiger partial charge in [-0.25, -0.2) is 4.98 Å². The average Bonchev–Trinajstić information content (AvgIpc) is 2.67. The van der Waals surface area contributed by atoms with Crippen LogP contribution in [0.25, 0.3) is 0 Å². The molecular formula is C18H15N3O4S.